The van der Waals surface area contributed by atoms with Crippen LogP contribution in [0.4, 0.5) is 5.69 Å². The molecule has 35 heavy (non-hydrogen) atoms. The number of unbranched alkanes of at least 4 members (excludes halogenated alkanes) is 2. The number of hydrogen-bond acceptors (Lipinski definition) is 4. The van der Waals surface area contributed by atoms with Crippen LogP contribution in [0.1, 0.15) is 66.0 Å². The zero-order chi connectivity index (χ0) is 24.6. The van der Waals surface area contributed by atoms with E-state index in [-0.39, 0.29) is 5.97 Å². The molecule has 3 heterocycles. The summed E-state index contributed by atoms with van der Waals surface area (Å²) in [7, 11) is 2.13. The van der Waals surface area contributed by atoms with Crippen molar-refractivity contribution in [1.29, 1.82) is 0 Å². The van der Waals surface area contributed by atoms with Gasteiger partial charge in [-0.2, -0.15) is 0 Å². The fourth-order valence-electron chi connectivity index (χ4n) is 5.56. The van der Waals surface area contributed by atoms with Crippen molar-refractivity contribution in [2.45, 2.75) is 52.2 Å². The number of aryl methyl sites for hydroxylation is 1. The second kappa shape index (κ2) is 9.21. The van der Waals surface area contributed by atoms with E-state index in [1.54, 1.807) is 12.3 Å². The molecule has 0 radical (unpaired) electrons. The van der Waals surface area contributed by atoms with E-state index in [2.05, 4.69) is 79.8 Å². The highest BCUT2D eigenvalue weighted by atomic mass is 16.6. The summed E-state index contributed by atoms with van der Waals surface area (Å²) < 4.78 is 8.68. The topological polar surface area (TPSA) is 47.4 Å². The second-order valence-corrected chi connectivity index (χ2v) is 9.37. The second-order valence-electron chi connectivity index (χ2n) is 9.37. The number of fused-ring (bicyclic) bond motifs is 2. The first-order valence-corrected chi connectivity index (χ1v) is 12.6. The Hall–Kier alpha value is -3.60. The largest absolute Gasteiger partial charge is 0.439 e. The fraction of sp³-hybridized carbons (Fsp3) is 0.333. The van der Waals surface area contributed by atoms with Crippen molar-refractivity contribution < 1.29 is 9.53 Å². The quantitative estimate of drug-likeness (QED) is 0.221. The first-order chi connectivity index (χ1) is 17.0. The molecule has 180 valence electrons. The normalized spacial score (nSPS) is 17.0. The van der Waals surface area contributed by atoms with Gasteiger partial charge in [0.2, 0.25) is 5.60 Å². The smallest absolute Gasteiger partial charge is 0.341 e. The molecule has 0 spiro atoms. The van der Waals surface area contributed by atoms with Gasteiger partial charge in [-0.1, -0.05) is 50.1 Å². The van der Waals surface area contributed by atoms with Gasteiger partial charge in [-0.05, 0) is 50.6 Å². The molecular weight excluding hydrogens is 434 g/mol. The van der Waals surface area contributed by atoms with Crippen LogP contribution in [0, 0.1) is 6.92 Å². The molecule has 2 aromatic heterocycles. The maximum absolute atomic E-state index is 13.2. The average molecular weight is 468 g/mol. The predicted molar refractivity (Wildman–Crippen MR) is 141 cm³/mol. The molecule has 0 amide bonds. The Labute approximate surface area is 207 Å². The lowest BCUT2D eigenvalue weighted by Crippen LogP contribution is -2.31. The van der Waals surface area contributed by atoms with Gasteiger partial charge in [0.1, 0.15) is 5.69 Å². The van der Waals surface area contributed by atoms with E-state index < -0.39 is 5.60 Å². The Bertz CT molecular complexity index is 1370. The summed E-state index contributed by atoms with van der Waals surface area (Å²) in [5, 5.41) is 1.08. The lowest BCUT2D eigenvalue weighted by atomic mass is 9.81. The molecule has 0 saturated carbocycles. The van der Waals surface area contributed by atoms with Gasteiger partial charge in [0, 0.05) is 59.7 Å². The Morgan fingerprint density at radius 1 is 1.00 bits per heavy atom. The maximum Gasteiger partial charge on any atom is 0.341 e. The zero-order valence-electron chi connectivity index (χ0n) is 21.0. The number of carbonyl (C=O) groups excluding carboxylic acids is 1. The molecule has 0 aliphatic carbocycles. The van der Waals surface area contributed by atoms with Crippen LogP contribution in [-0.4, -0.2) is 29.1 Å². The van der Waals surface area contributed by atoms with E-state index in [1.165, 1.54) is 19.3 Å². The minimum absolute atomic E-state index is 0.332. The minimum Gasteiger partial charge on any atom is -0.439 e. The Kier molecular flexibility index (Phi) is 6.10. The summed E-state index contributed by atoms with van der Waals surface area (Å²) in [6.45, 7) is 8.32. The van der Waals surface area contributed by atoms with Gasteiger partial charge in [0.25, 0.3) is 0 Å². The van der Waals surface area contributed by atoms with Gasteiger partial charge in [0.15, 0.2) is 0 Å². The molecular formula is C30H33N3O2. The molecule has 1 aliphatic rings. The molecule has 4 aromatic rings. The van der Waals surface area contributed by atoms with Crippen molar-refractivity contribution in [1.82, 2.24) is 9.55 Å². The third-order valence-corrected chi connectivity index (χ3v) is 7.32. The van der Waals surface area contributed by atoms with Gasteiger partial charge in [-0.15, -0.1) is 0 Å². The fourth-order valence-corrected chi connectivity index (χ4v) is 5.56. The Balaban J connectivity index is 1.72. The highest BCUT2D eigenvalue weighted by molar-refractivity contribution is 5.98. The van der Waals surface area contributed by atoms with Crippen molar-refractivity contribution in [3.63, 3.8) is 0 Å². The van der Waals surface area contributed by atoms with Crippen molar-refractivity contribution >= 4 is 22.6 Å². The van der Waals surface area contributed by atoms with Gasteiger partial charge in [-0.25, -0.2) is 4.79 Å². The van der Waals surface area contributed by atoms with E-state index in [0.29, 0.717) is 11.3 Å². The van der Waals surface area contributed by atoms with Gasteiger partial charge < -0.3 is 14.2 Å². The molecule has 0 fully saturated rings. The molecule has 1 atom stereocenters. The van der Waals surface area contributed by atoms with Crippen molar-refractivity contribution in [3.8, 4) is 0 Å². The number of esters is 1. The predicted octanol–water partition coefficient (Wildman–Crippen LogP) is 6.45. The summed E-state index contributed by atoms with van der Waals surface area (Å²) in [6, 6.07) is 20.4. The summed E-state index contributed by atoms with van der Waals surface area (Å²) >= 11 is 0. The summed E-state index contributed by atoms with van der Waals surface area (Å²) in [4.78, 5) is 20.2. The first-order valence-electron chi connectivity index (χ1n) is 12.6. The molecule has 0 N–H and O–H groups in total. The average Bonchev–Trinajstić information content (AvgIpc) is 3.35. The van der Waals surface area contributed by atoms with E-state index in [0.717, 1.165) is 46.5 Å². The van der Waals surface area contributed by atoms with Crippen LogP contribution in [0.2, 0.25) is 0 Å². The van der Waals surface area contributed by atoms with Gasteiger partial charge in [-0.3, -0.25) is 4.98 Å². The van der Waals surface area contributed by atoms with Crippen molar-refractivity contribution in [2.24, 2.45) is 0 Å². The molecule has 1 unspecified atom stereocenters. The minimum atomic E-state index is -1.10. The van der Waals surface area contributed by atoms with E-state index in [1.807, 2.05) is 12.1 Å². The number of cyclic esters (lactones) is 1. The van der Waals surface area contributed by atoms with Crippen LogP contribution in [0.3, 0.4) is 0 Å². The van der Waals surface area contributed by atoms with Crippen LogP contribution in [-0.2, 0) is 16.9 Å². The number of rotatable bonds is 8. The standard InChI is InChI=1S/C30H33N3O2/c1-5-7-10-20-32(4)23-17-15-22(16-18-23)30(28-25(29(34)35-30)13-11-19-31-28)27-21(3)33(6-2)26-14-9-8-12-24(26)27/h8-9,11-19H,5-7,10,20H2,1-4H3. The van der Waals surface area contributed by atoms with Crippen molar-refractivity contribution in [2.75, 3.05) is 18.5 Å². The first kappa shape index (κ1) is 23.2. The van der Waals surface area contributed by atoms with Crippen LogP contribution < -0.4 is 4.90 Å². The molecule has 5 heteroatoms. The molecule has 5 nitrogen and oxygen atoms in total. The third-order valence-electron chi connectivity index (χ3n) is 7.32. The lowest BCUT2D eigenvalue weighted by molar-refractivity contribution is 0.0245. The monoisotopic (exact) mass is 467 g/mol. The van der Waals surface area contributed by atoms with E-state index in [9.17, 15) is 4.79 Å². The number of benzene rings is 2. The maximum atomic E-state index is 13.2. The zero-order valence-corrected chi connectivity index (χ0v) is 21.0. The number of hydrogen-bond donors (Lipinski definition) is 0. The van der Waals surface area contributed by atoms with Crippen LogP contribution in [0.5, 0.6) is 0 Å². The summed E-state index contributed by atoms with van der Waals surface area (Å²) in [5.74, 6) is -0.332. The SMILES string of the molecule is CCCCCN(C)c1ccc(C2(c3c(C)n(CC)c4ccccc34)OC(=O)c3cccnc32)cc1. The Morgan fingerprint density at radius 2 is 1.77 bits per heavy atom. The molecule has 0 saturated heterocycles. The van der Waals surface area contributed by atoms with Gasteiger partial charge in [0.05, 0.1) is 5.56 Å². The highest BCUT2D eigenvalue weighted by Gasteiger charge is 2.52. The molecule has 5 rings (SSSR count). The number of aromatic nitrogens is 2. The third kappa shape index (κ3) is 3.61. The van der Waals surface area contributed by atoms with Crippen LogP contribution in [0.25, 0.3) is 10.9 Å². The number of ether oxygens (including phenoxy) is 1. The highest BCUT2D eigenvalue weighted by Crippen LogP contribution is 2.50. The van der Waals surface area contributed by atoms with Crippen molar-refractivity contribution in [3.05, 3.63) is 94.9 Å². The Morgan fingerprint density at radius 3 is 2.51 bits per heavy atom. The van der Waals surface area contributed by atoms with Crippen LogP contribution in [0.15, 0.2) is 66.9 Å². The van der Waals surface area contributed by atoms with E-state index in [4.69, 9.17) is 9.72 Å². The molecule has 1 aliphatic heterocycles. The number of para-hydroxylation sites is 1. The van der Waals surface area contributed by atoms with E-state index >= 15 is 0 Å². The number of pyridine rings is 1. The summed E-state index contributed by atoms with van der Waals surface area (Å²) in [6.07, 6.45) is 5.35. The number of anilines is 1. The summed E-state index contributed by atoms with van der Waals surface area (Å²) in [5.41, 5.74) is 5.36. The van der Waals surface area contributed by atoms with Gasteiger partial charge >= 0.3 is 5.97 Å². The molecule has 0 bridgehead atoms. The number of nitrogens with zero attached hydrogens (tertiary/aromatic N) is 3. The lowest BCUT2D eigenvalue weighted by Gasteiger charge is -2.30. The number of carbonyl (C=O) groups is 1. The molecule has 2 aromatic carbocycles. The van der Waals surface area contributed by atoms with Crippen LogP contribution >= 0.6 is 0 Å².